The van der Waals surface area contributed by atoms with Crippen LogP contribution in [-0.4, -0.2) is 16.0 Å². The summed E-state index contributed by atoms with van der Waals surface area (Å²) < 4.78 is 0. The van der Waals surface area contributed by atoms with Gasteiger partial charge in [-0.2, -0.15) is 0 Å². The molecule has 17 heavy (non-hydrogen) atoms. The van der Waals surface area contributed by atoms with Crippen molar-refractivity contribution in [1.82, 2.24) is 4.98 Å². The van der Waals surface area contributed by atoms with Gasteiger partial charge in [0.2, 0.25) is 0 Å². The van der Waals surface area contributed by atoms with Gasteiger partial charge in [0, 0.05) is 16.6 Å². The molecule has 88 valence electrons. The lowest BCUT2D eigenvalue weighted by molar-refractivity contribution is 0.102. The summed E-state index contributed by atoms with van der Waals surface area (Å²) in [5.74, 6) is -0.0332. The predicted octanol–water partition coefficient (Wildman–Crippen LogP) is 2.72. The first-order chi connectivity index (χ1) is 8.06. The van der Waals surface area contributed by atoms with Crippen LogP contribution in [0.15, 0.2) is 24.4 Å². The van der Waals surface area contributed by atoms with E-state index in [1.165, 1.54) is 17.4 Å². The molecule has 0 spiro atoms. The van der Waals surface area contributed by atoms with Gasteiger partial charge in [-0.05, 0) is 37.6 Å². The van der Waals surface area contributed by atoms with E-state index in [9.17, 15) is 9.90 Å². The fourth-order valence-electron chi connectivity index (χ4n) is 1.38. The lowest BCUT2D eigenvalue weighted by atomic mass is 10.1. The molecule has 0 aliphatic rings. The van der Waals surface area contributed by atoms with Crippen LogP contribution >= 0.6 is 11.3 Å². The van der Waals surface area contributed by atoms with Gasteiger partial charge in [0.1, 0.15) is 5.75 Å². The summed E-state index contributed by atoms with van der Waals surface area (Å²) in [5, 5.41) is 12.7. The largest absolute Gasteiger partial charge is 0.508 e. The Morgan fingerprint density at radius 2 is 2.18 bits per heavy atom. The number of rotatable bonds is 2. The molecule has 2 aromatic rings. The number of thiazole rings is 1. The number of carbonyl (C=O) groups is 1. The molecule has 0 aliphatic carbocycles. The number of aromatic hydroxyl groups is 1. The molecule has 0 aliphatic heterocycles. The number of amides is 1. The van der Waals surface area contributed by atoms with Gasteiger partial charge in [-0.3, -0.25) is 10.1 Å². The Kier molecular flexibility index (Phi) is 3.10. The van der Waals surface area contributed by atoms with E-state index in [0.717, 1.165) is 4.88 Å². The van der Waals surface area contributed by atoms with Gasteiger partial charge in [-0.1, -0.05) is 0 Å². The van der Waals surface area contributed by atoms with E-state index in [4.69, 9.17) is 0 Å². The Morgan fingerprint density at radius 3 is 2.76 bits per heavy atom. The number of phenolic OH excluding ortho intramolecular Hbond substituents is 1. The molecule has 4 nitrogen and oxygen atoms in total. The number of carbonyl (C=O) groups excluding carboxylic acids is 1. The van der Waals surface area contributed by atoms with Crippen LogP contribution in [-0.2, 0) is 0 Å². The summed E-state index contributed by atoms with van der Waals surface area (Å²) >= 11 is 1.43. The third-order valence-electron chi connectivity index (χ3n) is 2.30. The molecule has 0 atom stereocenters. The Hall–Kier alpha value is -1.88. The highest BCUT2D eigenvalue weighted by molar-refractivity contribution is 7.15. The van der Waals surface area contributed by atoms with Crippen LogP contribution in [0.3, 0.4) is 0 Å². The molecule has 1 aromatic carbocycles. The van der Waals surface area contributed by atoms with Crippen molar-refractivity contribution in [3.63, 3.8) is 0 Å². The van der Waals surface area contributed by atoms with Crippen LogP contribution in [0.1, 0.15) is 20.8 Å². The number of hydrogen-bond donors (Lipinski definition) is 2. The van der Waals surface area contributed by atoms with Crippen LogP contribution in [0, 0.1) is 13.8 Å². The molecular formula is C12H12N2O2S. The third kappa shape index (κ3) is 2.62. The predicted molar refractivity (Wildman–Crippen MR) is 67.6 cm³/mol. The van der Waals surface area contributed by atoms with E-state index < -0.39 is 0 Å². The zero-order valence-electron chi connectivity index (χ0n) is 9.52. The second-order valence-corrected chi connectivity index (χ2v) is 4.97. The minimum atomic E-state index is -0.220. The van der Waals surface area contributed by atoms with Gasteiger partial charge in [0.15, 0.2) is 5.13 Å². The summed E-state index contributed by atoms with van der Waals surface area (Å²) in [4.78, 5) is 17.0. The summed E-state index contributed by atoms with van der Waals surface area (Å²) in [6.07, 6.45) is 1.71. The third-order valence-corrected chi connectivity index (χ3v) is 3.13. The van der Waals surface area contributed by atoms with Crippen molar-refractivity contribution < 1.29 is 9.90 Å². The second kappa shape index (κ2) is 4.55. The Bertz CT molecular complexity index is 563. The van der Waals surface area contributed by atoms with E-state index in [1.54, 1.807) is 25.3 Å². The van der Waals surface area contributed by atoms with Crippen LogP contribution in [0.4, 0.5) is 5.13 Å². The van der Waals surface area contributed by atoms with E-state index in [2.05, 4.69) is 10.3 Å². The van der Waals surface area contributed by atoms with E-state index in [1.807, 2.05) is 6.92 Å². The zero-order valence-corrected chi connectivity index (χ0v) is 10.3. The van der Waals surface area contributed by atoms with Crippen molar-refractivity contribution in [3.8, 4) is 5.75 Å². The second-order valence-electron chi connectivity index (χ2n) is 3.73. The van der Waals surface area contributed by atoms with Crippen LogP contribution in [0.2, 0.25) is 0 Å². The molecule has 0 radical (unpaired) electrons. The number of aryl methyl sites for hydroxylation is 2. The van der Waals surface area contributed by atoms with Gasteiger partial charge in [0.05, 0.1) is 0 Å². The average Bonchev–Trinajstić information content (AvgIpc) is 2.68. The number of anilines is 1. The Balaban J connectivity index is 2.17. The zero-order chi connectivity index (χ0) is 12.4. The Labute approximate surface area is 103 Å². The molecule has 1 amide bonds. The molecule has 1 heterocycles. The fraction of sp³-hybridized carbons (Fsp3) is 0.167. The molecule has 2 rings (SSSR count). The van der Waals surface area contributed by atoms with Crippen molar-refractivity contribution in [2.45, 2.75) is 13.8 Å². The molecule has 0 bridgehead atoms. The lowest BCUT2D eigenvalue weighted by Crippen LogP contribution is -2.11. The molecule has 0 fully saturated rings. The molecule has 1 aromatic heterocycles. The molecule has 0 saturated heterocycles. The van der Waals surface area contributed by atoms with Crippen molar-refractivity contribution in [2.24, 2.45) is 0 Å². The highest BCUT2D eigenvalue weighted by Crippen LogP contribution is 2.20. The summed E-state index contributed by atoms with van der Waals surface area (Å²) in [7, 11) is 0. The maximum atomic E-state index is 11.9. The Morgan fingerprint density at radius 1 is 1.41 bits per heavy atom. The van der Waals surface area contributed by atoms with Gasteiger partial charge < -0.3 is 5.11 Å². The first kappa shape index (κ1) is 11.6. The number of phenols is 1. The highest BCUT2D eigenvalue weighted by Gasteiger charge is 2.09. The number of nitrogens with one attached hydrogen (secondary N) is 1. The van der Waals surface area contributed by atoms with Gasteiger partial charge in [-0.25, -0.2) is 4.98 Å². The van der Waals surface area contributed by atoms with Crippen LogP contribution in [0.25, 0.3) is 0 Å². The van der Waals surface area contributed by atoms with Crippen molar-refractivity contribution in [2.75, 3.05) is 5.32 Å². The average molecular weight is 248 g/mol. The molecule has 5 heteroatoms. The normalized spacial score (nSPS) is 10.2. The first-order valence-corrected chi connectivity index (χ1v) is 5.91. The molecule has 0 saturated carbocycles. The minimum absolute atomic E-state index is 0.187. The summed E-state index contributed by atoms with van der Waals surface area (Å²) in [5.41, 5.74) is 1.18. The smallest absolute Gasteiger partial charge is 0.257 e. The van der Waals surface area contributed by atoms with Crippen molar-refractivity contribution in [1.29, 1.82) is 0 Å². The number of aromatic nitrogens is 1. The van der Waals surface area contributed by atoms with Crippen molar-refractivity contribution >= 4 is 22.4 Å². The first-order valence-electron chi connectivity index (χ1n) is 5.09. The monoisotopic (exact) mass is 248 g/mol. The maximum absolute atomic E-state index is 11.9. The number of benzene rings is 1. The SMILES string of the molecule is Cc1cnc(NC(=O)c2ccc(O)c(C)c2)s1. The number of hydrogen-bond acceptors (Lipinski definition) is 4. The highest BCUT2D eigenvalue weighted by atomic mass is 32.1. The maximum Gasteiger partial charge on any atom is 0.257 e. The standard InChI is InChI=1S/C12H12N2O2S/c1-7-5-9(3-4-10(7)15)11(16)14-12-13-6-8(2)17-12/h3-6,15H,1-2H3,(H,13,14,16). The quantitative estimate of drug-likeness (QED) is 0.859. The lowest BCUT2D eigenvalue weighted by Gasteiger charge is -2.04. The van der Waals surface area contributed by atoms with Crippen LogP contribution < -0.4 is 5.32 Å². The van der Waals surface area contributed by atoms with Gasteiger partial charge in [0.25, 0.3) is 5.91 Å². The number of nitrogens with zero attached hydrogens (tertiary/aromatic N) is 1. The van der Waals surface area contributed by atoms with E-state index in [-0.39, 0.29) is 11.7 Å². The van der Waals surface area contributed by atoms with E-state index >= 15 is 0 Å². The minimum Gasteiger partial charge on any atom is -0.508 e. The molecular weight excluding hydrogens is 236 g/mol. The van der Waals surface area contributed by atoms with Gasteiger partial charge >= 0.3 is 0 Å². The molecule has 2 N–H and O–H groups in total. The van der Waals surface area contributed by atoms with Crippen LogP contribution in [0.5, 0.6) is 5.75 Å². The van der Waals surface area contributed by atoms with Gasteiger partial charge in [-0.15, -0.1) is 11.3 Å². The fourth-order valence-corrected chi connectivity index (χ4v) is 2.04. The topological polar surface area (TPSA) is 62.2 Å². The van der Waals surface area contributed by atoms with E-state index in [0.29, 0.717) is 16.3 Å². The summed E-state index contributed by atoms with van der Waals surface area (Å²) in [6.45, 7) is 3.68. The molecule has 0 unspecified atom stereocenters. The van der Waals surface area contributed by atoms with Crippen molar-refractivity contribution in [3.05, 3.63) is 40.4 Å². The summed E-state index contributed by atoms with van der Waals surface area (Å²) in [6, 6.07) is 4.74.